The summed E-state index contributed by atoms with van der Waals surface area (Å²) in [6.07, 6.45) is 5.90. The summed E-state index contributed by atoms with van der Waals surface area (Å²) < 4.78 is 25.8. The molecule has 26 heavy (non-hydrogen) atoms. The number of aromatic nitrogens is 4. The van der Waals surface area contributed by atoms with Crippen LogP contribution in [0.1, 0.15) is 43.6 Å². The Morgan fingerprint density at radius 2 is 2.15 bits per heavy atom. The Bertz CT molecular complexity index is 1060. The Labute approximate surface area is 152 Å². The number of hydrogen-bond acceptors (Lipinski definition) is 6. The molecule has 8 heteroatoms. The van der Waals surface area contributed by atoms with Crippen molar-refractivity contribution in [3.05, 3.63) is 30.0 Å². The summed E-state index contributed by atoms with van der Waals surface area (Å²) in [6, 6.07) is 1.96. The predicted octanol–water partition coefficient (Wildman–Crippen LogP) is 2.43. The van der Waals surface area contributed by atoms with Gasteiger partial charge in [-0.15, -0.1) is 0 Å². The van der Waals surface area contributed by atoms with Crippen molar-refractivity contribution in [2.45, 2.75) is 44.4 Å². The van der Waals surface area contributed by atoms with Gasteiger partial charge < -0.3 is 10.3 Å². The minimum Gasteiger partial charge on any atom is -0.346 e. The van der Waals surface area contributed by atoms with Gasteiger partial charge in [0.1, 0.15) is 16.8 Å². The van der Waals surface area contributed by atoms with E-state index in [1.165, 1.54) is 0 Å². The highest BCUT2D eigenvalue weighted by Crippen LogP contribution is 2.36. The van der Waals surface area contributed by atoms with E-state index in [0.717, 1.165) is 40.5 Å². The van der Waals surface area contributed by atoms with E-state index >= 15 is 0 Å². The van der Waals surface area contributed by atoms with Crippen LogP contribution in [0.15, 0.2) is 18.5 Å². The summed E-state index contributed by atoms with van der Waals surface area (Å²) in [5.74, 6) is 0.635. The summed E-state index contributed by atoms with van der Waals surface area (Å²) in [6.45, 7) is 4.46. The van der Waals surface area contributed by atoms with Crippen LogP contribution >= 0.6 is 0 Å². The third-order valence-corrected chi connectivity index (χ3v) is 7.26. The van der Waals surface area contributed by atoms with Crippen LogP contribution in [0.3, 0.4) is 0 Å². The highest BCUT2D eigenvalue weighted by Gasteiger charge is 2.37. The molecule has 7 nitrogen and oxygen atoms in total. The molecule has 1 fully saturated rings. The first-order chi connectivity index (χ1) is 12.5. The molecule has 1 aliphatic heterocycles. The molecular weight excluding hydrogens is 350 g/mol. The van der Waals surface area contributed by atoms with E-state index in [2.05, 4.69) is 20.3 Å². The molecule has 2 N–H and O–H groups in total. The van der Waals surface area contributed by atoms with E-state index in [0.29, 0.717) is 18.8 Å². The van der Waals surface area contributed by atoms with E-state index < -0.39 is 15.2 Å². The fourth-order valence-electron chi connectivity index (χ4n) is 3.98. The van der Waals surface area contributed by atoms with Crippen LogP contribution in [0, 0.1) is 6.92 Å². The number of H-pyrrole nitrogens is 1. The lowest BCUT2D eigenvalue weighted by atomic mass is 9.92. The van der Waals surface area contributed by atoms with Crippen LogP contribution < -0.4 is 5.32 Å². The average molecular weight is 373 g/mol. The number of pyridine rings is 1. The van der Waals surface area contributed by atoms with E-state index in [1.807, 2.05) is 26.1 Å². The molecule has 0 bridgehead atoms. The largest absolute Gasteiger partial charge is 0.346 e. The first kappa shape index (κ1) is 17.4. The van der Waals surface area contributed by atoms with Crippen molar-refractivity contribution in [1.82, 2.24) is 25.3 Å². The van der Waals surface area contributed by atoms with E-state index in [9.17, 15) is 8.42 Å². The Morgan fingerprint density at radius 3 is 2.96 bits per heavy atom. The van der Waals surface area contributed by atoms with Crippen molar-refractivity contribution in [2.24, 2.45) is 0 Å². The van der Waals surface area contributed by atoms with Crippen LogP contribution in [-0.2, 0) is 9.84 Å². The number of hydrogen-bond donors (Lipinski definition) is 2. The Balaban J connectivity index is 1.95. The second-order valence-electron chi connectivity index (χ2n) is 6.90. The molecule has 0 amide bonds. The minimum absolute atomic E-state index is 0.185. The molecule has 0 spiro atoms. The molecule has 4 rings (SSSR count). The Kier molecular flexibility index (Phi) is 4.40. The van der Waals surface area contributed by atoms with Crippen LogP contribution in [0.5, 0.6) is 0 Å². The fourth-order valence-corrected chi connectivity index (χ4v) is 5.94. The number of nitrogens with zero attached hydrogens (tertiary/aromatic N) is 3. The molecular formula is C18H23N5O2S. The number of sulfone groups is 1. The number of fused-ring (bicyclic) bond motifs is 3. The normalized spacial score (nSPS) is 21.5. The maximum Gasteiger partial charge on any atom is 0.166 e. The Hall–Kier alpha value is -2.06. The van der Waals surface area contributed by atoms with E-state index in [-0.39, 0.29) is 11.7 Å². The zero-order valence-electron chi connectivity index (χ0n) is 15.0. The summed E-state index contributed by atoms with van der Waals surface area (Å²) >= 11 is 0. The number of aromatic amines is 1. The molecule has 138 valence electrons. The van der Waals surface area contributed by atoms with Gasteiger partial charge in [0.2, 0.25) is 0 Å². The minimum atomic E-state index is -3.25. The standard InChI is InChI=1S/C18H23N5O2S/c1-3-9-26(24,25)18-13(5-4-7-20-18)16-15-12-6-8-19-17(12)21-10-14(15)22-11(2)23-16/h6,8,10,13,18,20H,3-5,7,9H2,1-2H3,(H,19,21). The zero-order valence-corrected chi connectivity index (χ0v) is 15.8. The van der Waals surface area contributed by atoms with E-state index in [1.54, 1.807) is 6.20 Å². The molecule has 3 aromatic heterocycles. The molecule has 0 aliphatic carbocycles. The van der Waals surface area contributed by atoms with Gasteiger partial charge in [-0.3, -0.25) is 0 Å². The van der Waals surface area contributed by atoms with Crippen molar-refractivity contribution in [3.8, 4) is 0 Å². The molecule has 1 saturated heterocycles. The van der Waals surface area contributed by atoms with Gasteiger partial charge in [-0.2, -0.15) is 0 Å². The van der Waals surface area contributed by atoms with Crippen LogP contribution in [-0.4, -0.2) is 46.0 Å². The quantitative estimate of drug-likeness (QED) is 0.728. The monoisotopic (exact) mass is 373 g/mol. The average Bonchev–Trinajstić information content (AvgIpc) is 3.09. The lowest BCUT2D eigenvalue weighted by Gasteiger charge is -2.32. The van der Waals surface area contributed by atoms with Crippen molar-refractivity contribution in [1.29, 1.82) is 0 Å². The third-order valence-electron chi connectivity index (χ3n) is 5.02. The molecule has 2 atom stereocenters. The van der Waals surface area contributed by atoms with Gasteiger partial charge in [-0.25, -0.2) is 23.4 Å². The summed E-state index contributed by atoms with van der Waals surface area (Å²) in [5.41, 5.74) is 2.34. The highest BCUT2D eigenvalue weighted by molar-refractivity contribution is 7.92. The molecule has 0 aromatic carbocycles. The zero-order chi connectivity index (χ0) is 18.3. The number of aryl methyl sites for hydroxylation is 1. The van der Waals surface area contributed by atoms with Gasteiger partial charge in [-0.05, 0) is 38.8 Å². The van der Waals surface area contributed by atoms with Crippen LogP contribution in [0.4, 0.5) is 0 Å². The SMILES string of the molecule is CCCS(=O)(=O)C1NCCCC1c1nc(C)nc2cnc3[nH]ccc3c12. The number of rotatable bonds is 4. The molecule has 0 radical (unpaired) electrons. The van der Waals surface area contributed by atoms with Crippen molar-refractivity contribution in [2.75, 3.05) is 12.3 Å². The second kappa shape index (κ2) is 6.59. The first-order valence-corrected chi connectivity index (χ1v) is 10.8. The molecule has 0 saturated carbocycles. The second-order valence-corrected chi connectivity index (χ2v) is 9.15. The van der Waals surface area contributed by atoms with Gasteiger partial charge in [0.15, 0.2) is 9.84 Å². The predicted molar refractivity (Wildman–Crippen MR) is 102 cm³/mol. The van der Waals surface area contributed by atoms with Gasteiger partial charge in [-0.1, -0.05) is 6.92 Å². The van der Waals surface area contributed by atoms with Gasteiger partial charge in [0.05, 0.1) is 23.2 Å². The van der Waals surface area contributed by atoms with Crippen LogP contribution in [0.2, 0.25) is 0 Å². The third kappa shape index (κ3) is 2.87. The highest BCUT2D eigenvalue weighted by atomic mass is 32.2. The van der Waals surface area contributed by atoms with Gasteiger partial charge >= 0.3 is 0 Å². The van der Waals surface area contributed by atoms with Crippen LogP contribution in [0.25, 0.3) is 21.9 Å². The topological polar surface area (TPSA) is 101 Å². The molecule has 4 heterocycles. The van der Waals surface area contributed by atoms with Crippen molar-refractivity contribution in [3.63, 3.8) is 0 Å². The molecule has 3 aromatic rings. The van der Waals surface area contributed by atoms with Crippen molar-refractivity contribution < 1.29 is 8.42 Å². The number of nitrogens with one attached hydrogen (secondary N) is 2. The van der Waals surface area contributed by atoms with Gasteiger partial charge in [0.25, 0.3) is 0 Å². The summed E-state index contributed by atoms with van der Waals surface area (Å²) in [4.78, 5) is 16.8. The molecule has 1 aliphatic rings. The fraction of sp³-hybridized carbons (Fsp3) is 0.500. The number of piperidine rings is 1. The lowest BCUT2D eigenvalue weighted by Crippen LogP contribution is -2.46. The lowest BCUT2D eigenvalue weighted by molar-refractivity contribution is 0.407. The maximum absolute atomic E-state index is 12.9. The van der Waals surface area contributed by atoms with Crippen molar-refractivity contribution >= 4 is 31.8 Å². The van der Waals surface area contributed by atoms with E-state index in [4.69, 9.17) is 4.98 Å². The Morgan fingerprint density at radius 1 is 1.31 bits per heavy atom. The maximum atomic E-state index is 12.9. The summed E-state index contributed by atoms with van der Waals surface area (Å²) in [5, 5.41) is 4.49. The van der Waals surface area contributed by atoms with Gasteiger partial charge in [0, 0.05) is 22.9 Å². The smallest absolute Gasteiger partial charge is 0.166 e. The molecule has 2 unspecified atom stereocenters. The first-order valence-electron chi connectivity index (χ1n) is 9.06. The summed E-state index contributed by atoms with van der Waals surface area (Å²) in [7, 11) is -3.25.